The normalized spacial score (nSPS) is 10.7. The van der Waals surface area contributed by atoms with Crippen molar-refractivity contribution in [1.82, 2.24) is 0 Å². The molecule has 0 bridgehead atoms. The molecule has 0 saturated carbocycles. The van der Waals surface area contributed by atoms with E-state index in [1.165, 1.54) is 58.8 Å². The van der Waals surface area contributed by atoms with Crippen LogP contribution in [0.1, 0.15) is 17.0 Å². The highest BCUT2D eigenvalue weighted by Crippen LogP contribution is 2.35. The molecule has 1 amide bonds. The second-order valence-electron chi connectivity index (χ2n) is 6.33. The number of carboxylic acid groups (broad SMARTS) is 2. The predicted molar refractivity (Wildman–Crippen MR) is 115 cm³/mol. The molecule has 0 saturated heterocycles. The molecule has 2 aromatic rings. The number of carbonyl (C=O) groups is 3. The number of benzene rings is 2. The van der Waals surface area contributed by atoms with Gasteiger partial charge in [0.2, 0.25) is 5.91 Å². The third-order valence-electron chi connectivity index (χ3n) is 4.46. The smallest absolute Gasteiger partial charge is 0.322 e. The highest BCUT2D eigenvalue weighted by Gasteiger charge is 2.31. The molecule has 170 valence electrons. The second kappa shape index (κ2) is 10.7. The van der Waals surface area contributed by atoms with E-state index in [-0.39, 0.29) is 17.0 Å². The van der Waals surface area contributed by atoms with E-state index in [1.54, 1.807) is 12.1 Å². The average molecular weight is 445 g/mol. The molecule has 3 N–H and O–H groups in total. The van der Waals surface area contributed by atoms with Gasteiger partial charge in [-0.15, -0.1) is 0 Å². The van der Waals surface area contributed by atoms with E-state index < -0.39 is 23.8 Å². The monoisotopic (exact) mass is 445 g/mol. The number of methoxy groups -OCH3 is 4. The van der Waals surface area contributed by atoms with E-state index >= 15 is 0 Å². The van der Waals surface area contributed by atoms with E-state index in [0.29, 0.717) is 22.8 Å². The quantitative estimate of drug-likeness (QED) is 0.372. The molecule has 2 aromatic carbocycles. The van der Waals surface area contributed by atoms with Gasteiger partial charge in [-0.1, -0.05) is 0 Å². The first-order chi connectivity index (χ1) is 15.2. The molecule has 0 heterocycles. The van der Waals surface area contributed by atoms with E-state index in [2.05, 4.69) is 5.32 Å². The first-order valence-corrected chi connectivity index (χ1v) is 9.18. The van der Waals surface area contributed by atoms with Crippen LogP contribution in [0.2, 0.25) is 0 Å². The van der Waals surface area contributed by atoms with Gasteiger partial charge in [-0.2, -0.15) is 0 Å². The van der Waals surface area contributed by atoms with Crippen LogP contribution in [0.3, 0.4) is 0 Å². The summed E-state index contributed by atoms with van der Waals surface area (Å²) in [5, 5.41) is 21.1. The number of nitrogens with one attached hydrogen (secondary N) is 1. The summed E-state index contributed by atoms with van der Waals surface area (Å²) in [6.07, 6.45) is 2.71. The van der Waals surface area contributed by atoms with Crippen molar-refractivity contribution in [3.05, 3.63) is 47.5 Å². The highest BCUT2D eigenvalue weighted by molar-refractivity contribution is 6.03. The van der Waals surface area contributed by atoms with Gasteiger partial charge in [0.25, 0.3) is 0 Å². The summed E-state index contributed by atoms with van der Waals surface area (Å²) < 4.78 is 20.9. The van der Waals surface area contributed by atoms with Gasteiger partial charge in [0.05, 0.1) is 34.0 Å². The Morgan fingerprint density at radius 2 is 1.41 bits per heavy atom. The lowest BCUT2D eigenvalue weighted by Crippen LogP contribution is -2.22. The Morgan fingerprint density at radius 1 is 0.844 bits per heavy atom. The van der Waals surface area contributed by atoms with Crippen LogP contribution in [0.25, 0.3) is 6.08 Å². The van der Waals surface area contributed by atoms with Crippen molar-refractivity contribution in [2.75, 3.05) is 33.8 Å². The van der Waals surface area contributed by atoms with Gasteiger partial charge in [-0.25, -0.2) is 0 Å². The summed E-state index contributed by atoms with van der Waals surface area (Å²) in [6, 6.07) is 7.35. The maximum Gasteiger partial charge on any atom is 0.322 e. The van der Waals surface area contributed by atoms with E-state index in [0.717, 1.165) is 0 Å². The SMILES string of the molecule is COc1cc(OC)c(C=CC(=O)Nc2ccc(OC)c(C(C(=O)O)C(=O)O)c2)c(OC)c1. The molecule has 2 rings (SSSR count). The van der Waals surface area contributed by atoms with Gasteiger partial charge >= 0.3 is 11.9 Å². The zero-order chi connectivity index (χ0) is 23.8. The van der Waals surface area contributed by atoms with Gasteiger partial charge in [-0.3, -0.25) is 14.4 Å². The minimum Gasteiger partial charge on any atom is -0.496 e. The molecular weight excluding hydrogens is 422 g/mol. The van der Waals surface area contributed by atoms with Gasteiger partial charge in [0.15, 0.2) is 5.92 Å². The number of anilines is 1. The fourth-order valence-corrected chi connectivity index (χ4v) is 2.95. The van der Waals surface area contributed by atoms with E-state index in [9.17, 15) is 24.6 Å². The number of aliphatic carboxylic acids is 2. The van der Waals surface area contributed by atoms with Crippen LogP contribution in [0.4, 0.5) is 5.69 Å². The highest BCUT2D eigenvalue weighted by atomic mass is 16.5. The molecule has 0 fully saturated rings. The lowest BCUT2D eigenvalue weighted by Gasteiger charge is -2.14. The molecule has 32 heavy (non-hydrogen) atoms. The molecule has 0 aliphatic heterocycles. The fourth-order valence-electron chi connectivity index (χ4n) is 2.95. The Labute approximate surface area is 184 Å². The van der Waals surface area contributed by atoms with Gasteiger partial charge in [0.1, 0.15) is 23.0 Å². The molecule has 0 aromatic heterocycles. The summed E-state index contributed by atoms with van der Waals surface area (Å²) in [7, 11) is 5.72. The van der Waals surface area contributed by atoms with Crippen LogP contribution < -0.4 is 24.3 Å². The molecule has 0 unspecified atom stereocenters. The van der Waals surface area contributed by atoms with Crippen LogP contribution >= 0.6 is 0 Å². The lowest BCUT2D eigenvalue weighted by atomic mass is 9.97. The van der Waals surface area contributed by atoms with E-state index in [4.69, 9.17) is 18.9 Å². The molecule has 10 heteroatoms. The van der Waals surface area contributed by atoms with Crippen molar-refractivity contribution < 1.29 is 43.5 Å². The standard InChI is InChI=1S/C22H23NO9/c1-29-13-10-17(31-3)14(18(11-13)32-4)6-8-19(24)23-12-5-7-16(30-2)15(9-12)20(21(25)26)22(27)28/h5-11,20H,1-4H3,(H,23,24)(H,25,26)(H,27,28). The number of rotatable bonds is 10. The molecule has 0 aliphatic carbocycles. The zero-order valence-electron chi connectivity index (χ0n) is 17.9. The summed E-state index contributed by atoms with van der Waals surface area (Å²) in [6.45, 7) is 0. The fraction of sp³-hybridized carbons (Fsp3) is 0.227. The molecule has 0 atom stereocenters. The molecule has 0 aliphatic rings. The van der Waals surface area contributed by atoms with Crippen LogP contribution in [0.15, 0.2) is 36.4 Å². The summed E-state index contributed by atoms with van der Waals surface area (Å²) >= 11 is 0. The number of carboxylic acids is 2. The zero-order valence-corrected chi connectivity index (χ0v) is 17.9. The maximum atomic E-state index is 12.4. The largest absolute Gasteiger partial charge is 0.496 e. The van der Waals surface area contributed by atoms with Crippen molar-refractivity contribution in [3.8, 4) is 23.0 Å². The minimum atomic E-state index is -1.86. The molecule has 10 nitrogen and oxygen atoms in total. The average Bonchev–Trinajstić information content (AvgIpc) is 2.76. The van der Waals surface area contributed by atoms with Crippen LogP contribution in [-0.2, 0) is 14.4 Å². The summed E-state index contributed by atoms with van der Waals surface area (Å²) in [5.74, 6) is -4.10. The van der Waals surface area contributed by atoms with Crippen molar-refractivity contribution >= 4 is 29.6 Å². The Kier molecular flexibility index (Phi) is 8.05. The first-order valence-electron chi connectivity index (χ1n) is 9.18. The maximum absolute atomic E-state index is 12.4. The van der Waals surface area contributed by atoms with Crippen molar-refractivity contribution in [2.24, 2.45) is 0 Å². The van der Waals surface area contributed by atoms with Crippen LogP contribution in [-0.4, -0.2) is 56.5 Å². The Balaban J connectivity index is 2.33. The number of hydrogen-bond acceptors (Lipinski definition) is 7. The third kappa shape index (κ3) is 5.48. The Hall–Kier alpha value is -4.21. The second-order valence-corrected chi connectivity index (χ2v) is 6.33. The number of ether oxygens (including phenoxy) is 4. The van der Waals surface area contributed by atoms with E-state index in [1.807, 2.05) is 0 Å². The number of hydrogen-bond donors (Lipinski definition) is 3. The van der Waals surface area contributed by atoms with Gasteiger partial charge in [-0.05, 0) is 24.3 Å². The topological polar surface area (TPSA) is 141 Å². The Morgan fingerprint density at radius 3 is 1.88 bits per heavy atom. The van der Waals surface area contributed by atoms with Crippen molar-refractivity contribution in [3.63, 3.8) is 0 Å². The van der Waals surface area contributed by atoms with Crippen molar-refractivity contribution in [1.29, 1.82) is 0 Å². The van der Waals surface area contributed by atoms with Crippen LogP contribution in [0.5, 0.6) is 23.0 Å². The molecule has 0 spiro atoms. The van der Waals surface area contributed by atoms with Crippen molar-refractivity contribution in [2.45, 2.75) is 5.92 Å². The third-order valence-corrected chi connectivity index (χ3v) is 4.46. The van der Waals surface area contributed by atoms with Gasteiger partial charge in [0, 0.05) is 29.5 Å². The summed E-state index contributed by atoms with van der Waals surface area (Å²) in [4.78, 5) is 35.2. The predicted octanol–water partition coefficient (Wildman–Crippen LogP) is 2.63. The van der Waals surface area contributed by atoms with Crippen LogP contribution in [0, 0.1) is 0 Å². The first kappa shape index (κ1) is 24.1. The van der Waals surface area contributed by atoms with Gasteiger partial charge < -0.3 is 34.5 Å². The molecular formula is C22H23NO9. The minimum absolute atomic E-state index is 0.0704. The number of amides is 1. The number of carbonyl (C=O) groups excluding carboxylic acids is 1. The molecule has 0 radical (unpaired) electrons. The lowest BCUT2D eigenvalue weighted by molar-refractivity contribution is -0.150. The Bertz CT molecular complexity index is 1010. The summed E-state index contributed by atoms with van der Waals surface area (Å²) in [5.41, 5.74) is 0.586.